The Morgan fingerprint density at radius 1 is 1.04 bits per heavy atom. The maximum Gasteiger partial charge on any atom is 0.316 e. The number of anilines is 2. The fourth-order valence-corrected chi connectivity index (χ4v) is 2.65. The average Bonchev–Trinajstić information content (AvgIpc) is 2.67. The molecule has 0 aliphatic rings. The van der Waals surface area contributed by atoms with E-state index in [0.717, 1.165) is 0 Å². The van der Waals surface area contributed by atoms with Gasteiger partial charge in [-0.1, -0.05) is 25.1 Å². The van der Waals surface area contributed by atoms with Gasteiger partial charge in [-0.15, -0.1) is 0 Å². The van der Waals surface area contributed by atoms with Gasteiger partial charge in [-0.3, -0.25) is 9.59 Å². The summed E-state index contributed by atoms with van der Waals surface area (Å²) >= 11 is 0. The number of nitrogens with two attached hydrogens (primary N) is 1. The molecule has 8 nitrogen and oxygen atoms in total. The molecule has 0 spiro atoms. The van der Waals surface area contributed by atoms with Crippen molar-refractivity contribution in [3.05, 3.63) is 76.2 Å². The van der Waals surface area contributed by atoms with Crippen LogP contribution in [0.3, 0.4) is 0 Å². The highest BCUT2D eigenvalue weighted by Crippen LogP contribution is 2.20. The van der Waals surface area contributed by atoms with E-state index in [4.69, 9.17) is 5.73 Å². The second kappa shape index (κ2) is 8.17. The van der Waals surface area contributed by atoms with Gasteiger partial charge in [0.05, 0.1) is 0 Å². The van der Waals surface area contributed by atoms with Crippen LogP contribution in [0.1, 0.15) is 23.0 Å². The van der Waals surface area contributed by atoms with E-state index < -0.39 is 6.03 Å². The molecule has 0 saturated heterocycles. The molecule has 1 heterocycles. The third-order valence-corrected chi connectivity index (χ3v) is 3.94. The molecule has 0 aliphatic heterocycles. The molecule has 3 aromatic rings. The minimum absolute atomic E-state index is 0.227. The first-order chi connectivity index (χ1) is 13.4. The first-order valence-corrected chi connectivity index (χ1v) is 8.63. The van der Waals surface area contributed by atoms with E-state index >= 15 is 0 Å². The van der Waals surface area contributed by atoms with E-state index in [9.17, 15) is 14.4 Å². The summed E-state index contributed by atoms with van der Waals surface area (Å²) in [5.74, 6) is 0.0853. The van der Waals surface area contributed by atoms with Gasteiger partial charge in [0.15, 0.2) is 0 Å². The number of aromatic amines is 1. The van der Waals surface area contributed by atoms with Crippen molar-refractivity contribution in [2.45, 2.75) is 13.3 Å². The maximum absolute atomic E-state index is 12.5. The molecule has 0 atom stereocenters. The van der Waals surface area contributed by atoms with Crippen LogP contribution in [0.25, 0.3) is 11.4 Å². The molecule has 0 unspecified atom stereocenters. The van der Waals surface area contributed by atoms with Gasteiger partial charge in [0.25, 0.3) is 11.5 Å². The topological polar surface area (TPSA) is 130 Å². The SMILES string of the molecule is CCc1cc(=O)[nH]c(-c2cccc(NC(=O)c3cccc(NC(N)=O)c3)c2)n1. The zero-order chi connectivity index (χ0) is 20.1. The monoisotopic (exact) mass is 377 g/mol. The molecule has 8 heteroatoms. The summed E-state index contributed by atoms with van der Waals surface area (Å²) in [6.45, 7) is 1.92. The Labute approximate surface area is 160 Å². The van der Waals surface area contributed by atoms with Crippen molar-refractivity contribution in [3.63, 3.8) is 0 Å². The van der Waals surface area contributed by atoms with E-state index in [1.165, 1.54) is 12.1 Å². The van der Waals surface area contributed by atoms with Gasteiger partial charge in [-0.2, -0.15) is 0 Å². The lowest BCUT2D eigenvalue weighted by atomic mass is 10.1. The molecule has 2 aromatic carbocycles. The highest BCUT2D eigenvalue weighted by atomic mass is 16.2. The number of H-pyrrole nitrogens is 1. The number of aryl methyl sites for hydroxylation is 1. The third kappa shape index (κ3) is 4.61. The van der Waals surface area contributed by atoms with E-state index in [-0.39, 0.29) is 11.5 Å². The normalized spacial score (nSPS) is 10.3. The van der Waals surface area contributed by atoms with Crippen molar-refractivity contribution in [1.29, 1.82) is 0 Å². The predicted octanol–water partition coefficient (Wildman–Crippen LogP) is 2.74. The summed E-state index contributed by atoms with van der Waals surface area (Å²) < 4.78 is 0. The Morgan fingerprint density at radius 2 is 1.75 bits per heavy atom. The van der Waals surface area contributed by atoms with E-state index in [0.29, 0.717) is 40.4 Å². The average molecular weight is 377 g/mol. The van der Waals surface area contributed by atoms with Crippen LogP contribution in [0, 0.1) is 0 Å². The first-order valence-electron chi connectivity index (χ1n) is 8.63. The van der Waals surface area contributed by atoms with Crippen molar-refractivity contribution in [2.24, 2.45) is 5.73 Å². The number of aromatic nitrogens is 2. The maximum atomic E-state index is 12.5. The predicted molar refractivity (Wildman–Crippen MR) is 107 cm³/mol. The lowest BCUT2D eigenvalue weighted by Gasteiger charge is -2.09. The van der Waals surface area contributed by atoms with Gasteiger partial charge in [-0.05, 0) is 36.8 Å². The van der Waals surface area contributed by atoms with Crippen molar-refractivity contribution < 1.29 is 9.59 Å². The van der Waals surface area contributed by atoms with Gasteiger partial charge in [-0.25, -0.2) is 9.78 Å². The summed E-state index contributed by atoms with van der Waals surface area (Å²) in [6, 6.07) is 14.2. The van der Waals surface area contributed by atoms with Crippen molar-refractivity contribution in [1.82, 2.24) is 9.97 Å². The molecule has 3 amide bonds. The number of rotatable bonds is 5. The molecule has 0 aliphatic carbocycles. The van der Waals surface area contributed by atoms with E-state index in [2.05, 4.69) is 20.6 Å². The number of amides is 3. The Morgan fingerprint density at radius 3 is 2.46 bits per heavy atom. The molecule has 1 aromatic heterocycles. The summed E-state index contributed by atoms with van der Waals surface area (Å²) in [6.07, 6.45) is 0.642. The zero-order valence-corrected chi connectivity index (χ0v) is 15.2. The van der Waals surface area contributed by atoms with Gasteiger partial charge >= 0.3 is 6.03 Å². The second-order valence-corrected chi connectivity index (χ2v) is 6.04. The summed E-state index contributed by atoms with van der Waals surface area (Å²) in [5.41, 5.74) is 7.55. The number of hydrogen-bond donors (Lipinski definition) is 4. The van der Waals surface area contributed by atoms with Crippen LogP contribution in [0.5, 0.6) is 0 Å². The van der Waals surface area contributed by atoms with Gasteiger partial charge in [0.2, 0.25) is 0 Å². The van der Waals surface area contributed by atoms with Gasteiger partial charge in [0, 0.05) is 34.3 Å². The molecule has 28 heavy (non-hydrogen) atoms. The minimum atomic E-state index is -0.707. The molecule has 0 saturated carbocycles. The molecular weight excluding hydrogens is 358 g/mol. The molecule has 3 rings (SSSR count). The number of carbonyl (C=O) groups is 2. The number of primary amides is 1. The van der Waals surface area contributed by atoms with Gasteiger partial charge < -0.3 is 21.4 Å². The number of urea groups is 1. The van der Waals surface area contributed by atoms with E-state index in [1.54, 1.807) is 42.5 Å². The zero-order valence-electron chi connectivity index (χ0n) is 15.2. The standard InChI is InChI=1S/C20H19N5O3/c1-2-14-11-17(26)25-18(22-14)12-5-3-7-15(9-12)23-19(27)13-6-4-8-16(10-13)24-20(21)28/h3-11H,2H2,1H3,(H,23,27)(H3,21,24,28)(H,22,25,26). The summed E-state index contributed by atoms with van der Waals surface area (Å²) in [7, 11) is 0. The Balaban J connectivity index is 1.83. The molecular formula is C20H19N5O3. The van der Waals surface area contributed by atoms with Crippen LogP contribution in [0.4, 0.5) is 16.2 Å². The summed E-state index contributed by atoms with van der Waals surface area (Å²) in [5, 5.41) is 5.22. The Bertz CT molecular complexity index is 1090. The lowest BCUT2D eigenvalue weighted by Crippen LogP contribution is -2.19. The Kier molecular flexibility index (Phi) is 5.50. The number of hydrogen-bond acceptors (Lipinski definition) is 4. The van der Waals surface area contributed by atoms with E-state index in [1.807, 2.05) is 6.92 Å². The molecule has 0 fully saturated rings. The van der Waals surface area contributed by atoms with Crippen molar-refractivity contribution in [2.75, 3.05) is 10.6 Å². The largest absolute Gasteiger partial charge is 0.351 e. The van der Waals surface area contributed by atoms with Crippen molar-refractivity contribution >= 4 is 23.3 Å². The first kappa shape index (κ1) is 18.8. The van der Waals surface area contributed by atoms with Crippen LogP contribution >= 0.6 is 0 Å². The second-order valence-electron chi connectivity index (χ2n) is 6.04. The third-order valence-electron chi connectivity index (χ3n) is 3.94. The summed E-state index contributed by atoms with van der Waals surface area (Å²) in [4.78, 5) is 42.4. The van der Waals surface area contributed by atoms with Gasteiger partial charge in [0.1, 0.15) is 5.82 Å². The van der Waals surface area contributed by atoms with Crippen LogP contribution in [0.2, 0.25) is 0 Å². The lowest BCUT2D eigenvalue weighted by molar-refractivity contribution is 0.102. The molecule has 0 bridgehead atoms. The number of carbonyl (C=O) groups excluding carboxylic acids is 2. The molecule has 5 N–H and O–H groups in total. The fourth-order valence-electron chi connectivity index (χ4n) is 2.65. The quantitative estimate of drug-likeness (QED) is 0.544. The minimum Gasteiger partial charge on any atom is -0.351 e. The smallest absolute Gasteiger partial charge is 0.316 e. The van der Waals surface area contributed by atoms with Crippen LogP contribution in [0.15, 0.2) is 59.4 Å². The van der Waals surface area contributed by atoms with Crippen LogP contribution in [-0.4, -0.2) is 21.9 Å². The number of nitrogens with one attached hydrogen (secondary N) is 3. The number of nitrogens with zero attached hydrogens (tertiary/aromatic N) is 1. The van der Waals surface area contributed by atoms with Crippen molar-refractivity contribution in [3.8, 4) is 11.4 Å². The highest BCUT2D eigenvalue weighted by Gasteiger charge is 2.09. The molecule has 0 radical (unpaired) electrons. The highest BCUT2D eigenvalue weighted by molar-refractivity contribution is 6.05. The van der Waals surface area contributed by atoms with Crippen LogP contribution < -0.4 is 21.9 Å². The molecule has 142 valence electrons. The Hall–Kier alpha value is -3.94. The number of benzene rings is 2. The van der Waals surface area contributed by atoms with Crippen LogP contribution in [-0.2, 0) is 6.42 Å². The fraction of sp³-hybridized carbons (Fsp3) is 0.100.